The maximum atomic E-state index is 13.3. The smallest absolute Gasteiger partial charge is 0.134 e. The number of hydrogen-bond donors (Lipinski definition) is 1. The molecule has 1 aromatic heterocycles. The molecule has 1 atom stereocenters. The van der Waals surface area contributed by atoms with Crippen molar-refractivity contribution in [3.05, 3.63) is 48.0 Å². The molecule has 0 radical (unpaired) electrons. The number of nitrogens with one attached hydrogen (secondary N) is 1. The monoisotopic (exact) mass is 261 g/mol. The summed E-state index contributed by atoms with van der Waals surface area (Å²) in [5.41, 5.74) is 1.76. The third-order valence-corrected chi connectivity index (χ3v) is 3.36. The summed E-state index contributed by atoms with van der Waals surface area (Å²) in [6.07, 6.45) is 3.75. The van der Waals surface area contributed by atoms with E-state index in [1.54, 1.807) is 6.07 Å². The topological polar surface area (TPSA) is 25.2 Å². The van der Waals surface area contributed by atoms with Gasteiger partial charge >= 0.3 is 0 Å². The van der Waals surface area contributed by atoms with E-state index in [1.807, 2.05) is 13.0 Å². The highest BCUT2D eigenvalue weighted by atomic mass is 19.1. The number of rotatable bonds is 6. The molecule has 2 rings (SSSR count). The molecule has 0 saturated heterocycles. The summed E-state index contributed by atoms with van der Waals surface area (Å²) in [5, 5.41) is 4.27. The second-order valence-electron chi connectivity index (χ2n) is 4.71. The molecule has 0 amide bonds. The molecule has 0 fully saturated rings. The number of aryl methyl sites for hydroxylation is 1. The predicted molar refractivity (Wildman–Crippen MR) is 76.8 cm³/mol. The molecule has 0 aliphatic carbocycles. The SMILES string of the molecule is C=CCCC(NCC)c1oc2ccc(F)cc2c1C. The van der Waals surface area contributed by atoms with Gasteiger partial charge in [0.15, 0.2) is 0 Å². The van der Waals surface area contributed by atoms with Crippen molar-refractivity contribution in [3.63, 3.8) is 0 Å². The lowest BCUT2D eigenvalue weighted by Gasteiger charge is -2.15. The lowest BCUT2D eigenvalue weighted by Crippen LogP contribution is -2.20. The average Bonchev–Trinajstić information content (AvgIpc) is 2.72. The summed E-state index contributed by atoms with van der Waals surface area (Å²) < 4.78 is 19.2. The van der Waals surface area contributed by atoms with Crippen LogP contribution in [0, 0.1) is 12.7 Å². The summed E-state index contributed by atoms with van der Waals surface area (Å²) >= 11 is 0. The van der Waals surface area contributed by atoms with E-state index >= 15 is 0 Å². The van der Waals surface area contributed by atoms with Crippen LogP contribution in [0.4, 0.5) is 4.39 Å². The molecule has 19 heavy (non-hydrogen) atoms. The number of halogens is 1. The van der Waals surface area contributed by atoms with Crippen molar-refractivity contribution in [1.82, 2.24) is 5.32 Å². The van der Waals surface area contributed by atoms with E-state index in [0.717, 1.165) is 41.7 Å². The van der Waals surface area contributed by atoms with Gasteiger partial charge in [-0.05, 0) is 44.5 Å². The van der Waals surface area contributed by atoms with Crippen molar-refractivity contribution < 1.29 is 8.81 Å². The summed E-state index contributed by atoms with van der Waals surface area (Å²) in [5.74, 6) is 0.679. The Labute approximate surface area is 113 Å². The van der Waals surface area contributed by atoms with Crippen LogP contribution in [-0.2, 0) is 0 Å². The van der Waals surface area contributed by atoms with E-state index in [1.165, 1.54) is 12.1 Å². The summed E-state index contributed by atoms with van der Waals surface area (Å²) in [7, 11) is 0. The maximum Gasteiger partial charge on any atom is 0.134 e. The molecule has 2 aromatic rings. The third kappa shape index (κ3) is 2.87. The van der Waals surface area contributed by atoms with Crippen LogP contribution in [0.25, 0.3) is 11.0 Å². The molecule has 3 heteroatoms. The summed E-state index contributed by atoms with van der Waals surface area (Å²) in [6, 6.07) is 4.81. The Balaban J connectivity index is 2.41. The van der Waals surface area contributed by atoms with E-state index in [-0.39, 0.29) is 11.9 Å². The average molecular weight is 261 g/mol. The van der Waals surface area contributed by atoms with Gasteiger partial charge < -0.3 is 9.73 Å². The van der Waals surface area contributed by atoms with Crippen molar-refractivity contribution in [2.75, 3.05) is 6.54 Å². The molecule has 2 nitrogen and oxygen atoms in total. The fourth-order valence-electron chi connectivity index (χ4n) is 2.40. The molecule has 0 aliphatic heterocycles. The summed E-state index contributed by atoms with van der Waals surface area (Å²) in [4.78, 5) is 0. The largest absolute Gasteiger partial charge is 0.459 e. The zero-order valence-electron chi connectivity index (χ0n) is 11.5. The Morgan fingerprint density at radius 3 is 2.95 bits per heavy atom. The van der Waals surface area contributed by atoms with E-state index in [0.29, 0.717) is 0 Å². The van der Waals surface area contributed by atoms with Crippen molar-refractivity contribution in [2.24, 2.45) is 0 Å². The van der Waals surface area contributed by atoms with Gasteiger partial charge in [0.25, 0.3) is 0 Å². The van der Waals surface area contributed by atoms with Gasteiger partial charge in [0, 0.05) is 10.9 Å². The molecule has 0 aliphatic rings. The Morgan fingerprint density at radius 2 is 2.26 bits per heavy atom. The third-order valence-electron chi connectivity index (χ3n) is 3.36. The van der Waals surface area contributed by atoms with Gasteiger partial charge in [-0.3, -0.25) is 0 Å². The highest BCUT2D eigenvalue weighted by Gasteiger charge is 2.19. The van der Waals surface area contributed by atoms with Gasteiger partial charge in [0.1, 0.15) is 17.2 Å². The number of allylic oxidation sites excluding steroid dienone is 1. The second kappa shape index (κ2) is 6.02. The second-order valence-corrected chi connectivity index (χ2v) is 4.71. The highest BCUT2D eigenvalue weighted by Crippen LogP contribution is 2.31. The van der Waals surface area contributed by atoms with Crippen LogP contribution >= 0.6 is 0 Å². The lowest BCUT2D eigenvalue weighted by atomic mass is 10.0. The van der Waals surface area contributed by atoms with Gasteiger partial charge in [-0.2, -0.15) is 0 Å². The lowest BCUT2D eigenvalue weighted by molar-refractivity contribution is 0.416. The zero-order valence-corrected chi connectivity index (χ0v) is 11.5. The maximum absolute atomic E-state index is 13.3. The van der Waals surface area contributed by atoms with Crippen LogP contribution in [0.15, 0.2) is 35.3 Å². The van der Waals surface area contributed by atoms with Crippen LogP contribution in [0.2, 0.25) is 0 Å². The van der Waals surface area contributed by atoms with Crippen molar-refractivity contribution in [2.45, 2.75) is 32.7 Å². The fourth-order valence-corrected chi connectivity index (χ4v) is 2.40. The number of hydrogen-bond acceptors (Lipinski definition) is 2. The quantitative estimate of drug-likeness (QED) is 0.775. The molecule has 0 bridgehead atoms. The molecule has 1 unspecified atom stereocenters. The first-order chi connectivity index (χ1) is 9.17. The number of benzene rings is 1. The van der Waals surface area contributed by atoms with E-state index < -0.39 is 0 Å². The van der Waals surface area contributed by atoms with Crippen LogP contribution in [-0.4, -0.2) is 6.54 Å². The Bertz CT molecular complexity index is 573. The minimum absolute atomic E-state index is 0.151. The fraction of sp³-hybridized carbons (Fsp3) is 0.375. The Hall–Kier alpha value is -1.61. The van der Waals surface area contributed by atoms with Crippen LogP contribution < -0.4 is 5.32 Å². The van der Waals surface area contributed by atoms with E-state index in [9.17, 15) is 4.39 Å². The minimum Gasteiger partial charge on any atom is -0.459 e. The van der Waals surface area contributed by atoms with Crippen molar-refractivity contribution in [3.8, 4) is 0 Å². The van der Waals surface area contributed by atoms with Crippen LogP contribution in [0.3, 0.4) is 0 Å². The minimum atomic E-state index is -0.228. The first kappa shape index (κ1) is 13.8. The first-order valence-electron chi connectivity index (χ1n) is 6.70. The van der Waals surface area contributed by atoms with Crippen LogP contribution in [0.1, 0.15) is 37.1 Å². The zero-order chi connectivity index (χ0) is 13.8. The molecule has 102 valence electrons. The molecule has 0 saturated carbocycles. The molecule has 1 N–H and O–H groups in total. The molecule has 0 spiro atoms. The molecular formula is C16H20FNO. The standard InChI is InChI=1S/C16H20FNO/c1-4-6-7-14(18-5-2)16-11(3)13-10-12(17)8-9-15(13)19-16/h4,8-10,14,18H,1,5-7H2,2-3H3. The first-order valence-corrected chi connectivity index (χ1v) is 6.70. The molecule has 1 heterocycles. The number of fused-ring (bicyclic) bond motifs is 1. The molecular weight excluding hydrogens is 241 g/mol. The predicted octanol–water partition coefficient (Wildman–Crippen LogP) is 4.50. The highest BCUT2D eigenvalue weighted by molar-refractivity contribution is 5.82. The normalized spacial score (nSPS) is 12.8. The van der Waals surface area contributed by atoms with E-state index in [2.05, 4.69) is 18.8 Å². The van der Waals surface area contributed by atoms with Gasteiger partial charge in [-0.15, -0.1) is 6.58 Å². The molecule has 1 aromatic carbocycles. The Morgan fingerprint density at radius 1 is 1.47 bits per heavy atom. The summed E-state index contributed by atoms with van der Waals surface area (Å²) in [6.45, 7) is 8.68. The van der Waals surface area contributed by atoms with Gasteiger partial charge in [-0.25, -0.2) is 4.39 Å². The van der Waals surface area contributed by atoms with Gasteiger partial charge in [-0.1, -0.05) is 13.0 Å². The Kier molecular flexibility index (Phi) is 4.38. The van der Waals surface area contributed by atoms with Gasteiger partial charge in [0.2, 0.25) is 0 Å². The number of furan rings is 1. The van der Waals surface area contributed by atoms with Crippen LogP contribution in [0.5, 0.6) is 0 Å². The van der Waals surface area contributed by atoms with Crippen molar-refractivity contribution in [1.29, 1.82) is 0 Å². The van der Waals surface area contributed by atoms with Gasteiger partial charge in [0.05, 0.1) is 6.04 Å². The van der Waals surface area contributed by atoms with Crippen molar-refractivity contribution >= 4 is 11.0 Å². The van der Waals surface area contributed by atoms with E-state index in [4.69, 9.17) is 4.42 Å².